The Bertz CT molecular complexity index is 836. The third-order valence-electron chi connectivity index (χ3n) is 3.35. The molecule has 8 heteroatoms. The predicted molar refractivity (Wildman–Crippen MR) is 87.8 cm³/mol. The molecule has 23 heavy (non-hydrogen) atoms. The van der Waals surface area contributed by atoms with Crippen LogP contribution in [0.3, 0.4) is 0 Å². The number of hydrogen-bond acceptors (Lipinski definition) is 4. The first kappa shape index (κ1) is 15.7. The molecule has 2 aromatic carbocycles. The van der Waals surface area contributed by atoms with E-state index in [1.54, 1.807) is 30.3 Å². The van der Waals surface area contributed by atoms with Crippen molar-refractivity contribution in [1.29, 1.82) is 0 Å². The molecule has 1 N–H and O–H groups in total. The molecule has 1 atom stereocenters. The highest BCUT2D eigenvalue weighted by molar-refractivity contribution is 6.43. The van der Waals surface area contributed by atoms with E-state index in [4.69, 9.17) is 23.2 Å². The van der Waals surface area contributed by atoms with Crippen LogP contribution in [0.1, 0.15) is 17.4 Å². The first-order valence-electron chi connectivity index (χ1n) is 6.77. The van der Waals surface area contributed by atoms with E-state index in [2.05, 4.69) is 20.8 Å². The molecule has 0 bridgehead atoms. The molecule has 0 aliphatic rings. The van der Waals surface area contributed by atoms with Gasteiger partial charge in [0.1, 0.15) is 0 Å². The Hall–Kier alpha value is -2.18. The number of nitrogens with one attached hydrogen (secondary N) is 1. The van der Waals surface area contributed by atoms with E-state index in [9.17, 15) is 4.39 Å². The van der Waals surface area contributed by atoms with E-state index >= 15 is 0 Å². The first-order valence-corrected chi connectivity index (χ1v) is 7.52. The summed E-state index contributed by atoms with van der Waals surface area (Å²) in [7, 11) is 0. The van der Waals surface area contributed by atoms with Crippen molar-refractivity contribution in [2.75, 3.05) is 5.32 Å². The fourth-order valence-corrected chi connectivity index (χ4v) is 2.53. The number of benzene rings is 2. The van der Waals surface area contributed by atoms with Crippen LogP contribution in [-0.2, 0) is 0 Å². The van der Waals surface area contributed by atoms with E-state index in [0.29, 0.717) is 16.3 Å². The van der Waals surface area contributed by atoms with Crippen LogP contribution >= 0.6 is 23.2 Å². The summed E-state index contributed by atoms with van der Waals surface area (Å²) in [5, 5.41) is 14.5. The van der Waals surface area contributed by atoms with Crippen LogP contribution in [0.4, 0.5) is 10.3 Å². The molecule has 0 spiro atoms. The summed E-state index contributed by atoms with van der Waals surface area (Å²) < 4.78 is 15.9. The van der Waals surface area contributed by atoms with E-state index in [0.717, 1.165) is 5.56 Å². The van der Waals surface area contributed by atoms with Gasteiger partial charge in [-0.1, -0.05) is 58.6 Å². The minimum atomic E-state index is -1.46. The topological polar surface area (TPSA) is 55.6 Å². The maximum atomic E-state index is 14.6. The molecular weight excluding hydrogens is 340 g/mol. The summed E-state index contributed by atoms with van der Waals surface area (Å²) in [6.45, 7) is 1.83. The van der Waals surface area contributed by atoms with E-state index in [-0.39, 0.29) is 11.0 Å². The van der Waals surface area contributed by atoms with Gasteiger partial charge in [0, 0.05) is 5.56 Å². The van der Waals surface area contributed by atoms with Gasteiger partial charge in [-0.25, -0.2) is 4.39 Å². The number of hydrogen-bond donors (Lipinski definition) is 1. The van der Waals surface area contributed by atoms with Gasteiger partial charge in [-0.05, 0) is 35.0 Å². The van der Waals surface area contributed by atoms with Crippen LogP contribution in [0.5, 0.6) is 0 Å². The highest BCUT2D eigenvalue weighted by Gasteiger charge is 2.18. The number of alkyl halides is 1. The monoisotopic (exact) mass is 351 g/mol. The first-order chi connectivity index (χ1) is 11.1. The second-order valence-corrected chi connectivity index (χ2v) is 5.64. The highest BCUT2D eigenvalue weighted by Crippen LogP contribution is 2.30. The molecular formula is C15H12Cl2FN5. The summed E-state index contributed by atoms with van der Waals surface area (Å²) >= 11 is 12.2. The molecule has 0 saturated heterocycles. The van der Waals surface area contributed by atoms with Crippen molar-refractivity contribution >= 4 is 29.2 Å². The quantitative estimate of drug-likeness (QED) is 0.709. The lowest BCUT2D eigenvalue weighted by atomic mass is 10.1. The number of halogens is 3. The van der Waals surface area contributed by atoms with Gasteiger partial charge in [-0.15, -0.1) is 0 Å². The Balaban J connectivity index is 1.93. The predicted octanol–water partition coefficient (Wildman–Crippen LogP) is 4.36. The standard InChI is InChI=1S/C15H12Cl2FN5/c1-9-5-2-3-6-10(9)14(18)19-15-20-21-22-23(15)12-8-4-7-11(16)13(12)17/h2-8,14H,1H3,(H,19,20,22)/t14-/m1/s1. The van der Waals surface area contributed by atoms with Gasteiger partial charge in [0.25, 0.3) is 0 Å². The van der Waals surface area contributed by atoms with Crippen LogP contribution in [0.25, 0.3) is 5.69 Å². The zero-order valence-electron chi connectivity index (χ0n) is 12.0. The smallest absolute Gasteiger partial charge is 0.250 e. The lowest BCUT2D eigenvalue weighted by Crippen LogP contribution is -2.12. The van der Waals surface area contributed by atoms with E-state index in [1.165, 1.54) is 4.68 Å². The van der Waals surface area contributed by atoms with Crippen molar-refractivity contribution in [2.45, 2.75) is 13.2 Å². The van der Waals surface area contributed by atoms with Gasteiger partial charge >= 0.3 is 0 Å². The fourth-order valence-electron chi connectivity index (χ4n) is 2.16. The third kappa shape index (κ3) is 3.13. The second-order valence-electron chi connectivity index (χ2n) is 4.85. The molecule has 0 radical (unpaired) electrons. The van der Waals surface area contributed by atoms with Crippen LogP contribution < -0.4 is 5.32 Å². The van der Waals surface area contributed by atoms with Gasteiger partial charge in [0.05, 0.1) is 15.7 Å². The zero-order chi connectivity index (χ0) is 16.4. The Morgan fingerprint density at radius 1 is 1.13 bits per heavy atom. The number of tetrazole rings is 1. The van der Waals surface area contributed by atoms with E-state index in [1.807, 2.05) is 19.1 Å². The summed E-state index contributed by atoms with van der Waals surface area (Å²) in [5.41, 5.74) is 1.80. The minimum absolute atomic E-state index is 0.130. The molecule has 3 rings (SSSR count). The number of aryl methyl sites for hydroxylation is 1. The Morgan fingerprint density at radius 3 is 2.70 bits per heavy atom. The fraction of sp³-hybridized carbons (Fsp3) is 0.133. The van der Waals surface area contributed by atoms with Crippen LogP contribution in [0.15, 0.2) is 42.5 Å². The van der Waals surface area contributed by atoms with Crippen molar-refractivity contribution in [3.05, 3.63) is 63.6 Å². The van der Waals surface area contributed by atoms with Crippen molar-refractivity contribution in [3.8, 4) is 5.69 Å². The van der Waals surface area contributed by atoms with Crippen molar-refractivity contribution in [2.24, 2.45) is 0 Å². The number of nitrogens with zero attached hydrogens (tertiary/aromatic N) is 4. The molecule has 1 aromatic heterocycles. The molecule has 0 unspecified atom stereocenters. The molecule has 1 heterocycles. The lowest BCUT2D eigenvalue weighted by Gasteiger charge is -2.14. The van der Waals surface area contributed by atoms with Gasteiger partial charge in [0.15, 0.2) is 6.30 Å². The number of rotatable bonds is 4. The molecule has 3 aromatic rings. The maximum absolute atomic E-state index is 14.6. The van der Waals surface area contributed by atoms with Gasteiger partial charge in [-0.3, -0.25) is 0 Å². The third-order valence-corrected chi connectivity index (χ3v) is 4.16. The van der Waals surface area contributed by atoms with Gasteiger partial charge in [-0.2, -0.15) is 4.68 Å². The van der Waals surface area contributed by atoms with Crippen molar-refractivity contribution in [1.82, 2.24) is 20.2 Å². The minimum Gasteiger partial charge on any atom is -0.319 e. The highest BCUT2D eigenvalue weighted by atomic mass is 35.5. The molecule has 0 saturated carbocycles. The number of anilines is 1. The molecule has 0 amide bonds. The lowest BCUT2D eigenvalue weighted by molar-refractivity contribution is 0.381. The van der Waals surface area contributed by atoms with Crippen molar-refractivity contribution in [3.63, 3.8) is 0 Å². The normalized spacial score (nSPS) is 12.2. The summed E-state index contributed by atoms with van der Waals surface area (Å²) in [5.74, 6) is 0.130. The maximum Gasteiger partial charge on any atom is 0.250 e. The van der Waals surface area contributed by atoms with Gasteiger partial charge in [0.2, 0.25) is 5.95 Å². The molecule has 0 fully saturated rings. The molecule has 5 nitrogen and oxygen atoms in total. The van der Waals surface area contributed by atoms with Crippen molar-refractivity contribution < 1.29 is 4.39 Å². The largest absolute Gasteiger partial charge is 0.319 e. The number of aromatic nitrogens is 4. The summed E-state index contributed by atoms with van der Waals surface area (Å²) in [4.78, 5) is 0. The van der Waals surface area contributed by atoms with Crippen LogP contribution in [-0.4, -0.2) is 20.2 Å². The Kier molecular flexibility index (Phi) is 4.45. The van der Waals surface area contributed by atoms with Crippen LogP contribution in [0.2, 0.25) is 10.0 Å². The summed E-state index contributed by atoms with van der Waals surface area (Å²) in [6.07, 6.45) is -1.46. The second kappa shape index (κ2) is 6.52. The SMILES string of the molecule is Cc1ccccc1[C@H](F)Nc1nnnn1-c1cccc(Cl)c1Cl. The Labute approximate surface area is 142 Å². The van der Waals surface area contributed by atoms with Crippen LogP contribution in [0, 0.1) is 6.92 Å². The average molecular weight is 352 g/mol. The zero-order valence-corrected chi connectivity index (χ0v) is 13.6. The molecule has 118 valence electrons. The molecule has 0 aliphatic carbocycles. The Morgan fingerprint density at radius 2 is 1.91 bits per heavy atom. The van der Waals surface area contributed by atoms with Gasteiger partial charge < -0.3 is 5.32 Å². The summed E-state index contributed by atoms with van der Waals surface area (Å²) in [6, 6.07) is 12.2. The molecule has 0 aliphatic heterocycles. The average Bonchev–Trinajstić information content (AvgIpc) is 2.98. The van der Waals surface area contributed by atoms with E-state index < -0.39 is 6.30 Å².